The smallest absolute Gasteiger partial charge is 0.222 e. The normalized spacial score (nSPS) is 25.1. The second-order valence-corrected chi connectivity index (χ2v) is 7.91. The average molecular weight is 330 g/mol. The first kappa shape index (κ1) is 14.9. The van der Waals surface area contributed by atoms with Gasteiger partial charge in [-0.15, -0.1) is 11.3 Å². The van der Waals surface area contributed by atoms with E-state index in [1.807, 2.05) is 11.3 Å². The van der Waals surface area contributed by atoms with Crippen molar-refractivity contribution < 1.29 is 4.79 Å². The van der Waals surface area contributed by atoms with Gasteiger partial charge in [0.1, 0.15) is 17.0 Å². The van der Waals surface area contributed by atoms with E-state index in [1.165, 1.54) is 22.2 Å². The van der Waals surface area contributed by atoms with E-state index in [0.717, 1.165) is 36.0 Å². The highest BCUT2D eigenvalue weighted by Gasteiger charge is 2.28. The minimum atomic E-state index is 0.131. The molecule has 3 heterocycles. The number of nitrogens with zero attached hydrogens (tertiary/aromatic N) is 3. The lowest BCUT2D eigenvalue weighted by molar-refractivity contribution is -0.120. The number of fused-ring (bicyclic) bond motifs is 3. The van der Waals surface area contributed by atoms with Crippen LogP contribution in [0.25, 0.3) is 10.2 Å². The Morgan fingerprint density at radius 1 is 1.30 bits per heavy atom. The molecule has 1 aliphatic heterocycles. The Morgan fingerprint density at radius 3 is 3.04 bits per heavy atom. The van der Waals surface area contributed by atoms with Crippen LogP contribution in [0, 0.1) is 5.92 Å². The molecular weight excluding hydrogens is 308 g/mol. The van der Waals surface area contributed by atoms with E-state index in [2.05, 4.69) is 34.0 Å². The van der Waals surface area contributed by atoms with E-state index in [9.17, 15) is 4.79 Å². The van der Waals surface area contributed by atoms with Crippen molar-refractivity contribution in [2.45, 2.75) is 45.6 Å². The molecule has 1 amide bonds. The highest BCUT2D eigenvalue weighted by molar-refractivity contribution is 7.19. The molecule has 23 heavy (non-hydrogen) atoms. The number of nitrogens with one attached hydrogen (secondary N) is 1. The number of aromatic nitrogens is 2. The first-order valence-corrected chi connectivity index (χ1v) is 9.23. The van der Waals surface area contributed by atoms with Gasteiger partial charge in [0, 0.05) is 30.4 Å². The number of hydrogen-bond acceptors (Lipinski definition) is 5. The lowest BCUT2D eigenvalue weighted by atomic mass is 9.89. The van der Waals surface area contributed by atoms with Crippen LogP contribution in [0.5, 0.6) is 0 Å². The van der Waals surface area contributed by atoms with Gasteiger partial charge in [0.05, 0.1) is 5.39 Å². The molecule has 6 heteroatoms. The summed E-state index contributed by atoms with van der Waals surface area (Å²) >= 11 is 1.83. The number of rotatable bonds is 1. The summed E-state index contributed by atoms with van der Waals surface area (Å²) in [6.45, 7) is 5.92. The molecule has 2 aliphatic rings. The third-order valence-electron chi connectivity index (χ3n) is 5.03. The number of hydrogen-bond donors (Lipinski definition) is 1. The van der Waals surface area contributed by atoms with Gasteiger partial charge in [-0.3, -0.25) is 4.79 Å². The largest absolute Gasteiger partial charge is 0.354 e. The molecule has 1 N–H and O–H groups in total. The summed E-state index contributed by atoms with van der Waals surface area (Å²) in [6.07, 6.45) is 5.72. The molecule has 2 atom stereocenters. The maximum atomic E-state index is 11.8. The minimum Gasteiger partial charge on any atom is -0.354 e. The van der Waals surface area contributed by atoms with Crippen LogP contribution < -0.4 is 10.2 Å². The van der Waals surface area contributed by atoms with Crippen LogP contribution in [0.4, 0.5) is 5.82 Å². The maximum Gasteiger partial charge on any atom is 0.222 e. The SMILES string of the molecule is C[C@H]1CCc2c(sc3ncnc(N4CCNC(=O)C[C@@H]4C)c23)C1. The number of amides is 1. The minimum absolute atomic E-state index is 0.131. The fraction of sp³-hybridized carbons (Fsp3) is 0.588. The first-order valence-electron chi connectivity index (χ1n) is 8.42. The van der Waals surface area contributed by atoms with E-state index in [0.29, 0.717) is 13.0 Å². The zero-order chi connectivity index (χ0) is 16.0. The lowest BCUT2D eigenvalue weighted by Gasteiger charge is -2.28. The number of carbonyl (C=O) groups excluding carboxylic acids is 1. The molecule has 0 saturated carbocycles. The number of carbonyl (C=O) groups is 1. The predicted molar refractivity (Wildman–Crippen MR) is 93.0 cm³/mol. The first-order chi connectivity index (χ1) is 11.1. The standard InChI is InChI=1S/C17H22N4OS/c1-10-3-4-12-13(7-10)23-17-15(12)16(19-9-20-17)21-6-5-18-14(22)8-11(21)2/h9-11H,3-8H2,1-2H3,(H,18,22)/t10-,11-/m0/s1. The molecule has 1 aliphatic carbocycles. The summed E-state index contributed by atoms with van der Waals surface area (Å²) < 4.78 is 0. The van der Waals surface area contributed by atoms with Gasteiger partial charge in [-0.05, 0) is 37.7 Å². The van der Waals surface area contributed by atoms with Crippen LogP contribution in [-0.2, 0) is 17.6 Å². The topological polar surface area (TPSA) is 58.1 Å². The zero-order valence-corrected chi connectivity index (χ0v) is 14.4. The summed E-state index contributed by atoms with van der Waals surface area (Å²) in [6, 6.07) is 0.161. The average Bonchev–Trinajstić information content (AvgIpc) is 2.79. The third-order valence-corrected chi connectivity index (χ3v) is 6.19. The van der Waals surface area contributed by atoms with Crippen LogP contribution in [0.15, 0.2) is 6.33 Å². The summed E-state index contributed by atoms with van der Waals surface area (Å²) in [4.78, 5) is 25.8. The van der Waals surface area contributed by atoms with Gasteiger partial charge >= 0.3 is 0 Å². The molecule has 0 bridgehead atoms. The van der Waals surface area contributed by atoms with E-state index in [4.69, 9.17) is 0 Å². The van der Waals surface area contributed by atoms with Crippen molar-refractivity contribution in [1.82, 2.24) is 15.3 Å². The molecule has 0 spiro atoms. The van der Waals surface area contributed by atoms with Crippen LogP contribution in [0.1, 0.15) is 37.1 Å². The van der Waals surface area contributed by atoms with Gasteiger partial charge in [-0.1, -0.05) is 6.92 Å². The van der Waals surface area contributed by atoms with Crippen LogP contribution >= 0.6 is 11.3 Å². The van der Waals surface area contributed by atoms with Crippen LogP contribution in [-0.4, -0.2) is 35.0 Å². The van der Waals surface area contributed by atoms with Crippen molar-refractivity contribution in [1.29, 1.82) is 0 Å². The highest BCUT2D eigenvalue weighted by Crippen LogP contribution is 2.41. The fourth-order valence-corrected chi connectivity index (χ4v) is 5.12. The second kappa shape index (κ2) is 5.74. The number of aryl methyl sites for hydroxylation is 1. The Kier molecular flexibility index (Phi) is 3.71. The Bertz CT molecular complexity index is 756. The van der Waals surface area contributed by atoms with Crippen molar-refractivity contribution in [3.05, 3.63) is 16.8 Å². The van der Waals surface area contributed by atoms with Crippen LogP contribution in [0.2, 0.25) is 0 Å². The second-order valence-electron chi connectivity index (χ2n) is 6.83. The molecule has 5 nitrogen and oxygen atoms in total. The highest BCUT2D eigenvalue weighted by atomic mass is 32.1. The van der Waals surface area contributed by atoms with Gasteiger partial charge in [-0.2, -0.15) is 0 Å². The molecule has 0 radical (unpaired) electrons. The summed E-state index contributed by atoms with van der Waals surface area (Å²) in [7, 11) is 0. The molecular formula is C17H22N4OS. The Labute approximate surface area is 140 Å². The van der Waals surface area contributed by atoms with E-state index >= 15 is 0 Å². The summed E-state index contributed by atoms with van der Waals surface area (Å²) in [5.41, 5.74) is 1.45. The van der Waals surface area contributed by atoms with Crippen LogP contribution in [0.3, 0.4) is 0 Å². The van der Waals surface area contributed by atoms with E-state index in [-0.39, 0.29) is 11.9 Å². The molecule has 1 saturated heterocycles. The molecule has 0 aromatic carbocycles. The number of anilines is 1. The Hall–Kier alpha value is -1.69. The van der Waals surface area contributed by atoms with Gasteiger partial charge in [-0.25, -0.2) is 9.97 Å². The van der Waals surface area contributed by atoms with Crippen molar-refractivity contribution in [2.75, 3.05) is 18.0 Å². The Balaban J connectivity index is 1.82. The molecule has 2 aromatic heterocycles. The molecule has 2 aromatic rings. The Morgan fingerprint density at radius 2 is 2.17 bits per heavy atom. The summed E-state index contributed by atoms with van der Waals surface area (Å²) in [5, 5.41) is 4.20. The monoisotopic (exact) mass is 330 g/mol. The van der Waals surface area contributed by atoms with Crippen molar-refractivity contribution >= 4 is 33.3 Å². The zero-order valence-electron chi connectivity index (χ0n) is 13.6. The van der Waals surface area contributed by atoms with Gasteiger partial charge < -0.3 is 10.2 Å². The van der Waals surface area contributed by atoms with Crippen molar-refractivity contribution in [2.24, 2.45) is 5.92 Å². The predicted octanol–water partition coefficient (Wildman–Crippen LogP) is 2.53. The fourth-order valence-electron chi connectivity index (χ4n) is 3.78. The van der Waals surface area contributed by atoms with Crippen molar-refractivity contribution in [3.63, 3.8) is 0 Å². The molecule has 1 fully saturated rings. The third kappa shape index (κ3) is 2.59. The van der Waals surface area contributed by atoms with E-state index in [1.54, 1.807) is 6.33 Å². The number of thiophene rings is 1. The lowest BCUT2D eigenvalue weighted by Crippen LogP contribution is -2.35. The van der Waals surface area contributed by atoms with Gasteiger partial charge in [0.2, 0.25) is 5.91 Å². The molecule has 0 unspecified atom stereocenters. The van der Waals surface area contributed by atoms with Gasteiger partial charge in [0.25, 0.3) is 0 Å². The maximum absolute atomic E-state index is 11.8. The van der Waals surface area contributed by atoms with Gasteiger partial charge in [0.15, 0.2) is 0 Å². The van der Waals surface area contributed by atoms with E-state index < -0.39 is 0 Å². The quantitative estimate of drug-likeness (QED) is 0.873. The molecule has 4 rings (SSSR count). The van der Waals surface area contributed by atoms with Crippen molar-refractivity contribution in [3.8, 4) is 0 Å². The summed E-state index contributed by atoms with van der Waals surface area (Å²) in [5.74, 6) is 1.91. The molecule has 122 valence electrons.